The molecule has 2 saturated carbocycles. The van der Waals surface area contributed by atoms with E-state index in [4.69, 9.17) is 56.5 Å². The number of carbonyl (C=O) groups is 1. The zero-order valence-corrected chi connectivity index (χ0v) is 38.8. The number of hydrogen-bond acceptors (Lipinski definition) is 18. The van der Waals surface area contributed by atoms with Gasteiger partial charge in [0, 0.05) is 58.0 Å². The molecular weight excluding hydrogens is 852 g/mol. The maximum Gasteiger partial charge on any atom is 0.187 e. The minimum absolute atomic E-state index is 0.0811. The average molecular weight is 925 g/mol. The number of hydrogen-bond donors (Lipinski definition) is 5. The van der Waals surface area contributed by atoms with Crippen LogP contribution in [-0.2, 0) is 56.9 Å². The lowest BCUT2D eigenvalue weighted by Gasteiger charge is -2.54. The smallest absolute Gasteiger partial charge is 0.187 e. The van der Waals surface area contributed by atoms with Gasteiger partial charge in [-0.3, -0.25) is 4.79 Å². The fraction of sp³-hybridized carbons (Fsp3) is 0.851. The van der Waals surface area contributed by atoms with Gasteiger partial charge in [-0.2, -0.15) is 0 Å². The van der Waals surface area contributed by atoms with Crippen LogP contribution in [0.25, 0.3) is 0 Å². The van der Waals surface area contributed by atoms with Crippen LogP contribution in [0.2, 0.25) is 0 Å². The predicted molar refractivity (Wildman–Crippen MR) is 226 cm³/mol. The first kappa shape index (κ1) is 49.5. The number of rotatable bonds is 13. The van der Waals surface area contributed by atoms with E-state index in [0.29, 0.717) is 32.1 Å². The molecule has 5 heterocycles. The minimum Gasteiger partial charge on any atom is -0.469 e. The number of fused-ring (bicyclic) bond motifs is 3. The van der Waals surface area contributed by atoms with Gasteiger partial charge in [-0.25, -0.2) is 0 Å². The molecule has 0 radical (unpaired) electrons. The van der Waals surface area contributed by atoms with E-state index in [1.54, 1.807) is 27.4 Å². The molecule has 5 N–H and O–H groups in total. The molecule has 0 spiro atoms. The fourth-order valence-corrected chi connectivity index (χ4v) is 12.1. The van der Waals surface area contributed by atoms with Crippen LogP contribution >= 0.6 is 0 Å². The van der Waals surface area contributed by atoms with E-state index in [2.05, 4.69) is 13.0 Å². The number of aryl methyl sites for hydroxylation is 1. The largest absolute Gasteiger partial charge is 0.469 e. The lowest BCUT2D eigenvalue weighted by Crippen LogP contribution is -2.62. The van der Waals surface area contributed by atoms with E-state index in [9.17, 15) is 30.3 Å². The predicted octanol–water partition coefficient (Wildman–Crippen LogP) is 2.55. The molecule has 23 atom stereocenters. The number of Topliss-reactive ketones (excluding diaryl/α,β-unsaturated/α-hetero) is 1. The van der Waals surface area contributed by atoms with Crippen molar-refractivity contribution in [2.24, 2.45) is 17.3 Å². The van der Waals surface area contributed by atoms with Gasteiger partial charge in [-0.15, -0.1) is 0 Å². The standard InChI is InChI=1S/C47H72O18/c1-21-26(13-14-57-21)27-11-12-29-28(39(27)50)10-9-25-15-31(30(49)19-47(25,29)5)61-36-16-32(54-6)43(22(2)58-36)63-37-17-33(55-7)44(23(3)59-37)64-38-18-34(56-8)45(24(4)60-38)65-46-42(53)41(52)40(51)35(20-48)62-46/h9,13-14,22-24,27-38,40-46,48-49,51-53H,10-12,15-20H2,1-8H3/t22-,23-,24+,27-,28-,29+,30-,31-,32+,33+,34-,35-,36+,37+,38+,40-,41+,42-,43-,44-,45+,46+,47+/m1/s1. The average Bonchev–Trinajstić information content (AvgIpc) is 3.71. The molecule has 0 amide bonds. The molecule has 7 aliphatic rings. The van der Waals surface area contributed by atoms with E-state index in [1.807, 2.05) is 26.8 Å². The van der Waals surface area contributed by atoms with Crippen LogP contribution in [0.5, 0.6) is 0 Å². The number of ether oxygens (including phenoxy) is 11. The quantitative estimate of drug-likeness (QED) is 0.179. The van der Waals surface area contributed by atoms with Gasteiger partial charge in [0.25, 0.3) is 0 Å². The second kappa shape index (κ2) is 20.6. The van der Waals surface area contributed by atoms with Gasteiger partial charge in [-0.1, -0.05) is 18.6 Å². The second-order valence-electron chi connectivity index (χ2n) is 19.6. The maximum atomic E-state index is 13.9. The Bertz CT molecular complexity index is 1770. The van der Waals surface area contributed by atoms with Crippen molar-refractivity contribution in [2.45, 2.75) is 209 Å². The Morgan fingerprint density at radius 1 is 0.723 bits per heavy atom. The highest BCUT2D eigenvalue weighted by Crippen LogP contribution is 2.58. The number of allylic oxidation sites excluding steroid dienone is 1. The second-order valence-corrected chi connectivity index (χ2v) is 19.6. The van der Waals surface area contributed by atoms with Crippen molar-refractivity contribution in [3.63, 3.8) is 0 Å². The number of furan rings is 1. The molecular formula is C47H72O18. The Morgan fingerprint density at radius 2 is 1.28 bits per heavy atom. The molecule has 0 bridgehead atoms. The van der Waals surface area contributed by atoms with Gasteiger partial charge in [0.05, 0.1) is 61.7 Å². The zero-order chi connectivity index (χ0) is 46.5. The molecule has 3 aliphatic carbocycles. The molecule has 8 rings (SSSR count). The van der Waals surface area contributed by atoms with Crippen LogP contribution in [0.1, 0.15) is 96.3 Å². The first-order valence-electron chi connectivity index (χ1n) is 23.5. The Balaban J connectivity index is 0.835. The van der Waals surface area contributed by atoms with E-state index in [-0.39, 0.29) is 35.4 Å². The number of ketones is 1. The van der Waals surface area contributed by atoms with Crippen molar-refractivity contribution in [3.8, 4) is 0 Å². The van der Waals surface area contributed by atoms with E-state index >= 15 is 0 Å². The third-order valence-electron chi connectivity index (χ3n) is 15.7. The fourth-order valence-electron chi connectivity index (χ4n) is 12.1. The lowest BCUT2D eigenvalue weighted by atomic mass is 9.51. The number of carbonyl (C=O) groups excluding carboxylic acids is 1. The molecule has 4 aliphatic heterocycles. The number of methoxy groups -OCH3 is 3. The molecule has 368 valence electrons. The van der Waals surface area contributed by atoms with Crippen molar-refractivity contribution < 1.29 is 86.8 Å². The summed E-state index contributed by atoms with van der Waals surface area (Å²) in [5.74, 6) is 1.04. The molecule has 6 fully saturated rings. The van der Waals surface area contributed by atoms with Crippen LogP contribution in [0.4, 0.5) is 0 Å². The molecule has 18 heteroatoms. The number of aliphatic hydroxyl groups is 5. The summed E-state index contributed by atoms with van der Waals surface area (Å²) in [6.07, 6.45) is -6.91. The van der Waals surface area contributed by atoms with Crippen molar-refractivity contribution >= 4 is 5.78 Å². The maximum absolute atomic E-state index is 13.9. The summed E-state index contributed by atoms with van der Waals surface area (Å²) in [6, 6.07) is 1.93. The Morgan fingerprint density at radius 3 is 1.80 bits per heavy atom. The lowest BCUT2D eigenvalue weighted by molar-refractivity contribution is -0.357. The SMILES string of the molecule is CO[C@H]1C[C@H](O[C@H]2[C@@H](OC)C[C@H](O[C@@H]3CC4=CC[C@H]5C(=O)[C@@H](c6ccoc6C)CC[C@@H]5[C@@]4(C)C[C@H]3O)O[C@@H]2C)O[C@H](C)[C@H]1O[C@H]1C[C@@H](OC)[C@@H](O[C@@H]2O[C@H](CO)[C@@H](O)[C@H](O)[C@H]2O)[C@H](C)O1. The zero-order valence-electron chi connectivity index (χ0n) is 38.8. The highest BCUT2D eigenvalue weighted by molar-refractivity contribution is 5.89. The molecule has 4 saturated heterocycles. The highest BCUT2D eigenvalue weighted by atomic mass is 16.8. The molecule has 0 unspecified atom stereocenters. The molecule has 18 nitrogen and oxygen atoms in total. The molecule has 1 aromatic heterocycles. The molecule has 65 heavy (non-hydrogen) atoms. The minimum atomic E-state index is -1.59. The van der Waals surface area contributed by atoms with Gasteiger partial charge in [0.15, 0.2) is 25.2 Å². The Hall–Kier alpha value is -1.95. The summed E-state index contributed by atoms with van der Waals surface area (Å²) in [4.78, 5) is 13.9. The summed E-state index contributed by atoms with van der Waals surface area (Å²) >= 11 is 0. The Kier molecular flexibility index (Phi) is 15.7. The Labute approximate surface area is 381 Å². The van der Waals surface area contributed by atoms with Crippen LogP contribution in [-0.4, -0.2) is 176 Å². The first-order valence-corrected chi connectivity index (χ1v) is 23.5. The van der Waals surface area contributed by atoms with Crippen molar-refractivity contribution in [1.29, 1.82) is 0 Å². The summed E-state index contributed by atoms with van der Waals surface area (Å²) < 4.78 is 73.7. The normalized spacial score (nSPS) is 48.3. The molecule has 1 aromatic rings. The summed E-state index contributed by atoms with van der Waals surface area (Å²) in [5.41, 5.74) is 1.95. The van der Waals surface area contributed by atoms with Gasteiger partial charge in [0.2, 0.25) is 0 Å². The third-order valence-corrected chi connectivity index (χ3v) is 15.7. The first-order chi connectivity index (χ1) is 31.1. The van der Waals surface area contributed by atoms with E-state index in [1.165, 1.54) is 12.7 Å². The van der Waals surface area contributed by atoms with Crippen molar-refractivity contribution in [3.05, 3.63) is 35.3 Å². The monoisotopic (exact) mass is 924 g/mol. The third kappa shape index (κ3) is 9.81. The number of aliphatic hydroxyl groups excluding tert-OH is 5. The van der Waals surface area contributed by atoms with Crippen molar-refractivity contribution in [2.75, 3.05) is 27.9 Å². The van der Waals surface area contributed by atoms with E-state index in [0.717, 1.165) is 24.2 Å². The van der Waals surface area contributed by atoms with Crippen LogP contribution in [0.15, 0.2) is 28.4 Å². The van der Waals surface area contributed by atoms with Crippen LogP contribution in [0.3, 0.4) is 0 Å². The van der Waals surface area contributed by atoms with Crippen LogP contribution in [0, 0.1) is 24.2 Å². The highest BCUT2D eigenvalue weighted by Gasteiger charge is 2.55. The van der Waals surface area contributed by atoms with E-state index < -0.39 is 123 Å². The van der Waals surface area contributed by atoms with Gasteiger partial charge in [-0.05, 0) is 77.2 Å². The summed E-state index contributed by atoms with van der Waals surface area (Å²) in [7, 11) is 4.76. The van der Waals surface area contributed by atoms with Gasteiger partial charge >= 0.3 is 0 Å². The molecule has 0 aromatic carbocycles. The van der Waals surface area contributed by atoms with Gasteiger partial charge in [0.1, 0.15) is 54.3 Å². The summed E-state index contributed by atoms with van der Waals surface area (Å²) in [6.45, 7) is 9.11. The van der Waals surface area contributed by atoms with Gasteiger partial charge < -0.3 is 82.1 Å². The topological polar surface area (TPSA) is 233 Å². The van der Waals surface area contributed by atoms with Crippen LogP contribution < -0.4 is 0 Å². The van der Waals surface area contributed by atoms with Crippen molar-refractivity contribution in [1.82, 2.24) is 0 Å². The summed E-state index contributed by atoms with van der Waals surface area (Å²) in [5, 5.41) is 52.3.